The zero-order chi connectivity index (χ0) is 22.2. The lowest BCUT2D eigenvalue weighted by Crippen LogP contribution is -2.53. The number of nitrogens with two attached hydrogens (primary N) is 1. The Morgan fingerprint density at radius 2 is 1.74 bits per heavy atom. The van der Waals surface area contributed by atoms with E-state index in [1.165, 1.54) is 17.0 Å². The van der Waals surface area contributed by atoms with Crippen molar-refractivity contribution in [2.24, 2.45) is 5.73 Å². The van der Waals surface area contributed by atoms with E-state index in [-0.39, 0.29) is 17.5 Å². The Labute approximate surface area is 180 Å². The van der Waals surface area contributed by atoms with Crippen molar-refractivity contribution < 1.29 is 19.1 Å². The second kappa shape index (κ2) is 8.28. The van der Waals surface area contributed by atoms with Crippen LogP contribution in [0.5, 0.6) is 0 Å². The van der Waals surface area contributed by atoms with Gasteiger partial charge in [-0.25, -0.2) is 4.39 Å². The molecular weight excluding hydrogens is 399 g/mol. The summed E-state index contributed by atoms with van der Waals surface area (Å²) in [5.74, 6) is -1.29. The van der Waals surface area contributed by atoms with Gasteiger partial charge in [0.1, 0.15) is 11.4 Å². The maximum absolute atomic E-state index is 14.8. The average molecular weight is 426 g/mol. The Hall–Kier alpha value is -2.97. The number of piperazine rings is 1. The highest BCUT2D eigenvalue weighted by molar-refractivity contribution is 5.95. The topological polar surface area (TPSA) is 98.9 Å². The van der Waals surface area contributed by atoms with Crippen molar-refractivity contribution in [1.29, 1.82) is 0 Å². The molecule has 1 atom stereocenters. The molecule has 1 aliphatic heterocycles. The number of nitrogens with zero attached hydrogens (tertiary/aromatic N) is 2. The first-order valence-electron chi connectivity index (χ1n) is 10.5. The molecular formula is C23H27FN4O3. The van der Waals surface area contributed by atoms with Gasteiger partial charge in [0.05, 0.1) is 5.56 Å². The number of amides is 2. The van der Waals surface area contributed by atoms with Crippen LogP contribution in [0.2, 0.25) is 0 Å². The molecule has 0 radical (unpaired) electrons. The van der Waals surface area contributed by atoms with Crippen LogP contribution in [0, 0.1) is 5.82 Å². The minimum Gasteiger partial charge on any atom is -0.380 e. The quantitative estimate of drug-likeness (QED) is 0.682. The number of aliphatic hydroxyl groups is 1. The molecule has 1 saturated heterocycles. The van der Waals surface area contributed by atoms with Gasteiger partial charge in [-0.15, -0.1) is 0 Å². The van der Waals surface area contributed by atoms with Crippen LogP contribution in [0.4, 0.5) is 15.8 Å². The lowest BCUT2D eigenvalue weighted by Gasteiger charge is -2.35. The van der Waals surface area contributed by atoms with E-state index in [0.717, 1.165) is 11.3 Å². The van der Waals surface area contributed by atoms with E-state index < -0.39 is 17.3 Å². The average Bonchev–Trinajstić information content (AvgIpc) is 3.52. The third-order valence-electron chi connectivity index (χ3n) is 5.91. The molecule has 164 valence electrons. The predicted octanol–water partition coefficient (Wildman–Crippen LogP) is 2.40. The fraction of sp³-hybridized carbons (Fsp3) is 0.391. The first-order valence-corrected chi connectivity index (χ1v) is 10.5. The molecule has 2 aromatic carbocycles. The molecule has 2 aliphatic rings. The van der Waals surface area contributed by atoms with Crippen molar-refractivity contribution in [3.8, 4) is 0 Å². The fourth-order valence-corrected chi connectivity index (χ4v) is 3.84. The first kappa shape index (κ1) is 21.3. The van der Waals surface area contributed by atoms with Crippen LogP contribution in [0.3, 0.4) is 0 Å². The van der Waals surface area contributed by atoms with E-state index >= 15 is 0 Å². The van der Waals surface area contributed by atoms with Gasteiger partial charge in [-0.2, -0.15) is 0 Å². The van der Waals surface area contributed by atoms with Gasteiger partial charge in [0, 0.05) is 43.6 Å². The van der Waals surface area contributed by atoms with Gasteiger partial charge in [0.25, 0.3) is 11.8 Å². The number of hydrogen-bond acceptors (Lipinski definition) is 5. The van der Waals surface area contributed by atoms with Gasteiger partial charge in [-0.1, -0.05) is 18.2 Å². The van der Waals surface area contributed by atoms with Gasteiger partial charge in [0.2, 0.25) is 0 Å². The third kappa shape index (κ3) is 4.40. The minimum atomic E-state index is -1.21. The first-order chi connectivity index (χ1) is 14.8. The number of anilines is 2. The highest BCUT2D eigenvalue weighted by atomic mass is 19.1. The fourth-order valence-electron chi connectivity index (χ4n) is 3.84. The van der Waals surface area contributed by atoms with Crippen LogP contribution in [0.25, 0.3) is 0 Å². The summed E-state index contributed by atoms with van der Waals surface area (Å²) >= 11 is 0. The molecule has 31 heavy (non-hydrogen) atoms. The molecule has 4 N–H and O–H groups in total. The van der Waals surface area contributed by atoms with Crippen LogP contribution in [0.1, 0.15) is 41.7 Å². The van der Waals surface area contributed by atoms with E-state index in [1.807, 2.05) is 31.2 Å². The largest absolute Gasteiger partial charge is 0.380 e. The number of para-hydroxylation sites is 1. The van der Waals surface area contributed by atoms with Crippen molar-refractivity contribution in [3.05, 3.63) is 59.4 Å². The second-order valence-corrected chi connectivity index (χ2v) is 8.31. The molecule has 8 heteroatoms. The van der Waals surface area contributed by atoms with E-state index in [0.29, 0.717) is 44.7 Å². The molecule has 2 amide bonds. The van der Waals surface area contributed by atoms with Crippen LogP contribution in [-0.2, 0) is 4.79 Å². The number of nitrogens with one attached hydrogen (secondary N) is 1. The second-order valence-electron chi connectivity index (χ2n) is 8.31. The molecule has 1 heterocycles. The molecule has 0 spiro atoms. The molecule has 0 bridgehead atoms. The number of carbonyl (C=O) groups is 2. The monoisotopic (exact) mass is 426 g/mol. The van der Waals surface area contributed by atoms with Crippen molar-refractivity contribution in [1.82, 2.24) is 9.80 Å². The van der Waals surface area contributed by atoms with Gasteiger partial charge in [0.15, 0.2) is 0 Å². The molecule has 2 fully saturated rings. The number of carbonyl (C=O) groups excluding carboxylic acids is 2. The molecule has 1 unspecified atom stereocenters. The Bertz CT molecular complexity index is 998. The SMILES string of the molecule is CC(N)c1ccccc1Nc1ccc(C(=O)N2CCN(C(=O)C3(O)CC3)CC2)c(F)c1. The van der Waals surface area contributed by atoms with Crippen molar-refractivity contribution in [2.75, 3.05) is 31.5 Å². The number of halogens is 1. The summed E-state index contributed by atoms with van der Waals surface area (Å²) in [6.45, 7) is 3.16. The smallest absolute Gasteiger partial charge is 0.256 e. The van der Waals surface area contributed by atoms with E-state index in [4.69, 9.17) is 5.73 Å². The highest BCUT2D eigenvalue weighted by Crippen LogP contribution is 2.37. The van der Waals surface area contributed by atoms with E-state index in [2.05, 4.69) is 5.32 Å². The molecule has 7 nitrogen and oxygen atoms in total. The lowest BCUT2D eigenvalue weighted by molar-refractivity contribution is -0.143. The summed E-state index contributed by atoms with van der Waals surface area (Å²) in [6, 6.07) is 11.8. The Kier molecular flexibility index (Phi) is 5.68. The molecule has 1 aliphatic carbocycles. The standard InChI is InChI=1S/C23H27FN4O3/c1-15(25)17-4-2-3-5-20(17)26-16-6-7-18(19(24)14-16)21(29)27-10-12-28(13-11-27)22(30)23(31)8-9-23/h2-7,14-15,26,31H,8-13,25H2,1H3. The molecule has 0 aromatic heterocycles. The van der Waals surface area contributed by atoms with Crippen molar-refractivity contribution in [2.45, 2.75) is 31.4 Å². The Morgan fingerprint density at radius 1 is 1.10 bits per heavy atom. The summed E-state index contributed by atoms with van der Waals surface area (Å²) in [5.41, 5.74) is 7.00. The highest BCUT2D eigenvalue weighted by Gasteiger charge is 2.50. The van der Waals surface area contributed by atoms with Gasteiger partial charge >= 0.3 is 0 Å². The summed E-state index contributed by atoms with van der Waals surface area (Å²) in [4.78, 5) is 28.2. The van der Waals surface area contributed by atoms with Crippen LogP contribution in [0.15, 0.2) is 42.5 Å². The molecule has 4 rings (SSSR count). The number of hydrogen-bond donors (Lipinski definition) is 3. The normalized spacial score (nSPS) is 18.5. The lowest BCUT2D eigenvalue weighted by atomic mass is 10.1. The Balaban J connectivity index is 1.41. The van der Waals surface area contributed by atoms with Gasteiger partial charge < -0.3 is 26.0 Å². The number of rotatable bonds is 5. The number of benzene rings is 2. The van der Waals surface area contributed by atoms with Gasteiger partial charge in [-0.3, -0.25) is 9.59 Å². The molecule has 2 aromatic rings. The maximum Gasteiger partial charge on any atom is 0.256 e. The summed E-state index contributed by atoms with van der Waals surface area (Å²) in [6.07, 6.45) is 0.983. The zero-order valence-corrected chi connectivity index (χ0v) is 17.5. The van der Waals surface area contributed by atoms with E-state index in [9.17, 15) is 19.1 Å². The summed E-state index contributed by atoms with van der Waals surface area (Å²) in [5, 5.41) is 13.1. The predicted molar refractivity (Wildman–Crippen MR) is 115 cm³/mol. The van der Waals surface area contributed by atoms with Crippen molar-refractivity contribution in [3.63, 3.8) is 0 Å². The minimum absolute atomic E-state index is 0.00775. The van der Waals surface area contributed by atoms with Crippen molar-refractivity contribution >= 4 is 23.2 Å². The van der Waals surface area contributed by atoms with Gasteiger partial charge in [-0.05, 0) is 49.6 Å². The van der Waals surface area contributed by atoms with Crippen LogP contribution >= 0.6 is 0 Å². The zero-order valence-electron chi connectivity index (χ0n) is 17.5. The molecule has 1 saturated carbocycles. The van der Waals surface area contributed by atoms with E-state index in [1.54, 1.807) is 11.0 Å². The third-order valence-corrected chi connectivity index (χ3v) is 5.91. The summed E-state index contributed by atoms with van der Waals surface area (Å²) in [7, 11) is 0. The van der Waals surface area contributed by atoms with Crippen LogP contribution < -0.4 is 11.1 Å². The maximum atomic E-state index is 14.8. The summed E-state index contributed by atoms with van der Waals surface area (Å²) < 4.78 is 14.8. The Morgan fingerprint density at radius 3 is 2.35 bits per heavy atom. The van der Waals surface area contributed by atoms with Crippen LogP contribution in [-0.4, -0.2) is 58.5 Å².